The van der Waals surface area contributed by atoms with Gasteiger partial charge in [-0.15, -0.1) is 0 Å². The van der Waals surface area contributed by atoms with Gasteiger partial charge in [0.15, 0.2) is 0 Å². The Kier molecular flexibility index (Phi) is 1.64. The molecular formula is C7H13BrSi. The molecule has 0 aliphatic heterocycles. The summed E-state index contributed by atoms with van der Waals surface area (Å²) in [4.78, 5) is 0.657. The highest BCUT2D eigenvalue weighted by molar-refractivity contribution is 9.10. The number of rotatable bonds is 1. The smallest absolute Gasteiger partial charge is 0.0536 e. The molecule has 0 N–H and O–H groups in total. The number of hydrogen-bond donors (Lipinski definition) is 0. The maximum atomic E-state index is 3.98. The molecule has 0 spiro atoms. The molecule has 1 aliphatic carbocycles. The fourth-order valence-corrected chi connectivity index (χ4v) is 6.66. The van der Waals surface area contributed by atoms with E-state index in [1.807, 2.05) is 0 Å². The minimum Gasteiger partial charge on any atom is -0.0987 e. The third-order valence-electron chi connectivity index (χ3n) is 1.87. The van der Waals surface area contributed by atoms with Gasteiger partial charge in [-0.3, -0.25) is 0 Å². The highest BCUT2D eigenvalue weighted by Crippen LogP contribution is 2.54. The maximum absolute atomic E-state index is 3.98. The lowest BCUT2D eigenvalue weighted by Crippen LogP contribution is -2.20. The van der Waals surface area contributed by atoms with Crippen molar-refractivity contribution in [3.05, 3.63) is 12.2 Å². The number of halogens is 1. The predicted molar refractivity (Wildman–Crippen MR) is 49.0 cm³/mol. The van der Waals surface area contributed by atoms with Gasteiger partial charge in [-0.25, -0.2) is 0 Å². The van der Waals surface area contributed by atoms with Gasteiger partial charge in [0.2, 0.25) is 0 Å². The molecule has 1 saturated carbocycles. The lowest BCUT2D eigenvalue weighted by atomic mass is 10.7. The molecule has 0 aromatic heterocycles. The van der Waals surface area contributed by atoms with E-state index in [0.717, 1.165) is 5.54 Å². The highest BCUT2D eigenvalue weighted by Gasteiger charge is 2.48. The van der Waals surface area contributed by atoms with Crippen LogP contribution in [-0.4, -0.2) is 12.9 Å². The van der Waals surface area contributed by atoms with E-state index in [0.29, 0.717) is 4.83 Å². The fourth-order valence-electron chi connectivity index (χ4n) is 1.27. The van der Waals surface area contributed by atoms with Crippen molar-refractivity contribution in [1.82, 2.24) is 0 Å². The fraction of sp³-hybridized carbons (Fsp3) is 0.714. The molecule has 0 heterocycles. The first-order chi connectivity index (χ1) is 3.94. The first kappa shape index (κ1) is 7.54. The molecule has 2 atom stereocenters. The Bertz CT molecular complexity index is 145. The second-order valence-electron chi connectivity index (χ2n) is 3.82. The van der Waals surface area contributed by atoms with Gasteiger partial charge in [0, 0.05) is 4.83 Å². The minimum absolute atomic E-state index is 0.657. The van der Waals surface area contributed by atoms with E-state index in [1.54, 1.807) is 0 Å². The third kappa shape index (κ3) is 1.29. The summed E-state index contributed by atoms with van der Waals surface area (Å²) in [6.07, 6.45) is 0. The summed E-state index contributed by atoms with van der Waals surface area (Å²) in [7, 11) is -0.896. The Morgan fingerprint density at radius 1 is 1.44 bits per heavy atom. The standard InChI is InChI=1S/C7H13BrSi/c1-5-6(8)7(5)9(2,3)4/h6-7H,1H2,2-4H3. The molecule has 0 amide bonds. The van der Waals surface area contributed by atoms with Crippen molar-refractivity contribution < 1.29 is 0 Å². The lowest BCUT2D eigenvalue weighted by molar-refractivity contribution is 1.37. The van der Waals surface area contributed by atoms with Crippen LogP contribution in [0.2, 0.25) is 25.2 Å². The van der Waals surface area contributed by atoms with Crippen LogP contribution in [0.5, 0.6) is 0 Å². The van der Waals surface area contributed by atoms with Gasteiger partial charge in [0.25, 0.3) is 0 Å². The number of allylic oxidation sites excluding steroid dienone is 1. The molecule has 0 aromatic rings. The first-order valence-corrected chi connectivity index (χ1v) is 7.76. The molecular weight excluding hydrogens is 192 g/mol. The molecule has 0 aromatic carbocycles. The van der Waals surface area contributed by atoms with Crippen LogP contribution < -0.4 is 0 Å². The highest BCUT2D eigenvalue weighted by atomic mass is 79.9. The Hall–Kier alpha value is 0.437. The van der Waals surface area contributed by atoms with Gasteiger partial charge in [0.1, 0.15) is 0 Å². The van der Waals surface area contributed by atoms with E-state index in [1.165, 1.54) is 5.57 Å². The summed E-state index contributed by atoms with van der Waals surface area (Å²) in [5, 5.41) is 0. The van der Waals surface area contributed by atoms with Gasteiger partial charge in [0.05, 0.1) is 8.07 Å². The average molecular weight is 205 g/mol. The van der Waals surface area contributed by atoms with Gasteiger partial charge >= 0.3 is 0 Å². The van der Waals surface area contributed by atoms with Crippen molar-refractivity contribution in [2.75, 3.05) is 0 Å². The molecule has 1 aliphatic rings. The van der Waals surface area contributed by atoms with E-state index in [2.05, 4.69) is 42.1 Å². The SMILES string of the molecule is C=C1C(Br)C1[Si](C)(C)C. The van der Waals surface area contributed by atoms with Gasteiger partial charge in [-0.05, 0) is 5.54 Å². The summed E-state index contributed by atoms with van der Waals surface area (Å²) in [5.41, 5.74) is 2.27. The zero-order valence-electron chi connectivity index (χ0n) is 6.24. The molecule has 1 rings (SSSR count). The van der Waals surface area contributed by atoms with E-state index < -0.39 is 8.07 Å². The van der Waals surface area contributed by atoms with Crippen LogP contribution in [0, 0.1) is 0 Å². The number of hydrogen-bond acceptors (Lipinski definition) is 0. The van der Waals surface area contributed by atoms with E-state index in [-0.39, 0.29) is 0 Å². The minimum atomic E-state index is -0.896. The normalized spacial score (nSPS) is 34.9. The van der Waals surface area contributed by atoms with Crippen LogP contribution in [-0.2, 0) is 0 Å². The first-order valence-electron chi connectivity index (χ1n) is 3.27. The summed E-state index contributed by atoms with van der Waals surface area (Å²) in [6, 6.07) is 0. The van der Waals surface area contributed by atoms with Crippen LogP contribution in [0.1, 0.15) is 0 Å². The van der Waals surface area contributed by atoms with E-state index in [9.17, 15) is 0 Å². The Morgan fingerprint density at radius 2 is 1.78 bits per heavy atom. The molecule has 52 valence electrons. The quantitative estimate of drug-likeness (QED) is 0.350. The van der Waals surface area contributed by atoms with E-state index in [4.69, 9.17) is 0 Å². The molecule has 9 heavy (non-hydrogen) atoms. The predicted octanol–water partition coefficient (Wildman–Crippen LogP) is 3.03. The molecule has 1 fully saturated rings. The monoisotopic (exact) mass is 204 g/mol. The van der Waals surface area contributed by atoms with E-state index >= 15 is 0 Å². The number of alkyl halides is 1. The lowest BCUT2D eigenvalue weighted by Gasteiger charge is -2.12. The molecule has 0 nitrogen and oxygen atoms in total. The van der Waals surface area contributed by atoms with Crippen LogP contribution in [0.3, 0.4) is 0 Å². The maximum Gasteiger partial charge on any atom is 0.0536 e. The molecule has 0 bridgehead atoms. The summed E-state index contributed by atoms with van der Waals surface area (Å²) in [5.74, 6) is 0. The van der Waals surface area contributed by atoms with Crippen molar-refractivity contribution in [2.24, 2.45) is 0 Å². The zero-order chi connectivity index (χ0) is 7.23. The molecule has 0 radical (unpaired) electrons. The Morgan fingerprint density at radius 3 is 1.78 bits per heavy atom. The van der Waals surface area contributed by atoms with Crippen LogP contribution in [0.4, 0.5) is 0 Å². The summed E-state index contributed by atoms with van der Waals surface area (Å²) < 4.78 is 0. The largest absolute Gasteiger partial charge is 0.0987 e. The third-order valence-corrected chi connectivity index (χ3v) is 6.05. The topological polar surface area (TPSA) is 0 Å². The Balaban J connectivity index is 2.60. The zero-order valence-corrected chi connectivity index (χ0v) is 8.83. The summed E-state index contributed by atoms with van der Waals surface area (Å²) >= 11 is 3.58. The van der Waals surface area contributed by atoms with Crippen molar-refractivity contribution in [2.45, 2.75) is 30.0 Å². The van der Waals surface area contributed by atoms with Crippen LogP contribution >= 0.6 is 15.9 Å². The molecule has 2 unspecified atom stereocenters. The van der Waals surface area contributed by atoms with Gasteiger partial charge < -0.3 is 0 Å². The second-order valence-corrected chi connectivity index (χ2v) is 10.2. The van der Waals surface area contributed by atoms with Crippen LogP contribution in [0.15, 0.2) is 12.2 Å². The van der Waals surface area contributed by atoms with Gasteiger partial charge in [-0.2, -0.15) is 0 Å². The van der Waals surface area contributed by atoms with Crippen molar-refractivity contribution in [3.63, 3.8) is 0 Å². The molecule has 0 saturated heterocycles. The second kappa shape index (κ2) is 1.96. The average Bonchev–Trinajstić information content (AvgIpc) is 2.11. The van der Waals surface area contributed by atoms with Crippen molar-refractivity contribution >= 4 is 24.0 Å². The van der Waals surface area contributed by atoms with Gasteiger partial charge in [-0.1, -0.05) is 47.7 Å². The van der Waals surface area contributed by atoms with Crippen molar-refractivity contribution in [3.8, 4) is 0 Å². The molecule has 2 heteroatoms. The van der Waals surface area contributed by atoms with Crippen LogP contribution in [0.25, 0.3) is 0 Å². The summed E-state index contributed by atoms with van der Waals surface area (Å²) in [6.45, 7) is 11.2. The van der Waals surface area contributed by atoms with Crippen molar-refractivity contribution in [1.29, 1.82) is 0 Å². The Labute approximate surface area is 66.5 Å².